The van der Waals surface area contributed by atoms with Crippen molar-refractivity contribution in [2.24, 2.45) is 5.41 Å². The summed E-state index contributed by atoms with van der Waals surface area (Å²) in [6, 6.07) is 14.2. The van der Waals surface area contributed by atoms with Crippen LogP contribution in [0.2, 0.25) is 0 Å². The Morgan fingerprint density at radius 1 is 1.05 bits per heavy atom. The van der Waals surface area contributed by atoms with Crippen LogP contribution < -0.4 is 5.32 Å². The molecule has 2 aliphatic rings. The molecule has 0 bridgehead atoms. The van der Waals surface area contributed by atoms with Crippen molar-refractivity contribution in [3.8, 4) is 11.1 Å². The predicted octanol–water partition coefficient (Wildman–Crippen LogP) is 5.32. The van der Waals surface area contributed by atoms with E-state index in [1.807, 2.05) is 0 Å². The Labute approximate surface area is 227 Å². The van der Waals surface area contributed by atoms with Gasteiger partial charge in [-0.3, -0.25) is 14.6 Å². The molecule has 7 nitrogen and oxygen atoms in total. The lowest BCUT2D eigenvalue weighted by atomic mass is 9.78. The van der Waals surface area contributed by atoms with Crippen LogP contribution in [-0.4, -0.2) is 48.0 Å². The maximum Gasteiger partial charge on any atom is 0.420 e. The van der Waals surface area contributed by atoms with Crippen LogP contribution in [0.1, 0.15) is 27.2 Å². The fourth-order valence-corrected chi connectivity index (χ4v) is 5.02. The van der Waals surface area contributed by atoms with E-state index in [1.54, 1.807) is 65.8 Å². The number of ether oxygens (including phenoxy) is 1. The van der Waals surface area contributed by atoms with Crippen molar-refractivity contribution in [2.45, 2.75) is 12.7 Å². The Hall–Kier alpha value is -4.44. The zero-order chi connectivity index (χ0) is 27.9. The van der Waals surface area contributed by atoms with Crippen molar-refractivity contribution >= 4 is 28.9 Å². The van der Waals surface area contributed by atoms with Crippen molar-refractivity contribution < 1.29 is 31.9 Å². The molecular formula is C30H24F3N3O4. The highest BCUT2D eigenvalue weighted by atomic mass is 19.4. The van der Waals surface area contributed by atoms with E-state index in [-0.39, 0.29) is 34.6 Å². The molecule has 4 heterocycles. The third kappa shape index (κ3) is 5.10. The third-order valence-corrected chi connectivity index (χ3v) is 7.14. The number of nitrogens with zero attached hydrogens (tertiary/aromatic N) is 2. The maximum absolute atomic E-state index is 14.0. The molecular weight excluding hydrogens is 523 g/mol. The van der Waals surface area contributed by atoms with Crippen LogP contribution in [-0.2, 0) is 22.3 Å². The molecule has 0 aliphatic carbocycles. The molecule has 2 aliphatic heterocycles. The maximum atomic E-state index is 14.0. The minimum Gasteiger partial charge on any atom is -0.459 e. The van der Waals surface area contributed by atoms with Gasteiger partial charge in [0.25, 0.3) is 5.91 Å². The number of pyridine rings is 1. The summed E-state index contributed by atoms with van der Waals surface area (Å²) in [7, 11) is 0. The predicted molar refractivity (Wildman–Crippen MR) is 141 cm³/mol. The third-order valence-electron chi connectivity index (χ3n) is 7.14. The van der Waals surface area contributed by atoms with E-state index in [9.17, 15) is 22.8 Å². The molecule has 1 spiro atoms. The average Bonchev–Trinajstić information content (AvgIpc) is 3.31. The number of carbonyl (C=O) groups excluding carboxylic acids is 2. The van der Waals surface area contributed by atoms with Crippen LogP contribution >= 0.6 is 0 Å². The van der Waals surface area contributed by atoms with Crippen molar-refractivity contribution in [2.75, 3.05) is 26.3 Å². The number of halogens is 3. The number of likely N-dealkylation sites (tertiary alicyclic amines) is 1. The summed E-state index contributed by atoms with van der Waals surface area (Å²) in [5, 5.41) is 2.88. The lowest BCUT2D eigenvalue weighted by molar-refractivity contribution is -0.176. The van der Waals surface area contributed by atoms with Gasteiger partial charge in [0.15, 0.2) is 0 Å². The summed E-state index contributed by atoms with van der Waals surface area (Å²) in [5.74, 6) is -0.344. The number of rotatable bonds is 6. The number of amides is 2. The largest absolute Gasteiger partial charge is 0.459 e. The molecule has 2 aromatic carbocycles. The second kappa shape index (κ2) is 9.95. The summed E-state index contributed by atoms with van der Waals surface area (Å²) >= 11 is 0. The molecule has 2 aromatic heterocycles. The number of aromatic nitrogens is 1. The molecule has 4 aromatic rings. The standard InChI is InChI=1S/C30H24F3N3O4/c31-30(32,33)25-12-22(20-4-6-21(7-5-20)28(38)36-15-29(16-36)17-39-18-29)10-23-11-24(40-27(23)25)14-35-26(37)8-3-19-2-1-9-34-13-19/h1-13H,14-18H2,(H,35,37)/b8-3+. The topological polar surface area (TPSA) is 84.7 Å². The molecule has 0 unspecified atom stereocenters. The van der Waals surface area contributed by atoms with Gasteiger partial charge in [-0.15, -0.1) is 0 Å². The molecule has 0 radical (unpaired) electrons. The fraction of sp³-hybridized carbons (Fsp3) is 0.233. The van der Waals surface area contributed by atoms with E-state index in [0.717, 1.165) is 11.6 Å². The Bertz CT molecular complexity index is 1600. The number of hydrogen-bond donors (Lipinski definition) is 1. The van der Waals surface area contributed by atoms with E-state index in [4.69, 9.17) is 9.15 Å². The van der Waals surface area contributed by atoms with Gasteiger partial charge in [0.05, 0.1) is 30.7 Å². The van der Waals surface area contributed by atoms with E-state index in [1.165, 1.54) is 12.1 Å². The minimum atomic E-state index is -4.66. The molecule has 6 rings (SSSR count). The smallest absolute Gasteiger partial charge is 0.420 e. The highest BCUT2D eigenvalue weighted by molar-refractivity contribution is 5.96. The average molecular weight is 548 g/mol. The molecule has 40 heavy (non-hydrogen) atoms. The summed E-state index contributed by atoms with van der Waals surface area (Å²) in [4.78, 5) is 30.7. The Kier molecular flexibility index (Phi) is 6.42. The van der Waals surface area contributed by atoms with Crippen LogP contribution in [0.15, 0.2) is 77.5 Å². The van der Waals surface area contributed by atoms with Gasteiger partial charge in [0, 0.05) is 42.5 Å². The van der Waals surface area contributed by atoms with Gasteiger partial charge in [0.2, 0.25) is 5.91 Å². The highest BCUT2D eigenvalue weighted by Gasteiger charge is 2.50. The summed E-state index contributed by atoms with van der Waals surface area (Å²) in [6.07, 6.45) is 1.45. The van der Waals surface area contributed by atoms with Gasteiger partial charge >= 0.3 is 6.18 Å². The number of alkyl halides is 3. The molecule has 2 fully saturated rings. The molecule has 1 N–H and O–H groups in total. The zero-order valence-corrected chi connectivity index (χ0v) is 21.2. The van der Waals surface area contributed by atoms with Gasteiger partial charge in [-0.25, -0.2) is 0 Å². The molecule has 10 heteroatoms. The second-order valence-electron chi connectivity index (χ2n) is 10.2. The molecule has 0 saturated carbocycles. The van der Waals surface area contributed by atoms with Crippen LogP contribution in [0.25, 0.3) is 28.2 Å². The van der Waals surface area contributed by atoms with Crippen molar-refractivity contribution in [1.82, 2.24) is 15.2 Å². The second-order valence-corrected chi connectivity index (χ2v) is 10.2. The van der Waals surface area contributed by atoms with Crippen LogP contribution in [0.4, 0.5) is 13.2 Å². The fourth-order valence-electron chi connectivity index (χ4n) is 5.02. The number of hydrogen-bond acceptors (Lipinski definition) is 5. The Morgan fingerprint density at radius 3 is 2.48 bits per heavy atom. The molecule has 0 atom stereocenters. The normalized spacial score (nSPS) is 16.2. The van der Waals surface area contributed by atoms with Crippen LogP contribution in [0, 0.1) is 5.41 Å². The Morgan fingerprint density at radius 2 is 1.82 bits per heavy atom. The van der Waals surface area contributed by atoms with Gasteiger partial charge in [-0.1, -0.05) is 18.2 Å². The van der Waals surface area contributed by atoms with Crippen molar-refractivity contribution in [1.29, 1.82) is 0 Å². The highest BCUT2D eigenvalue weighted by Crippen LogP contribution is 2.40. The van der Waals surface area contributed by atoms with Gasteiger partial charge in [-0.2, -0.15) is 13.2 Å². The molecule has 204 valence electrons. The first-order valence-electron chi connectivity index (χ1n) is 12.7. The monoisotopic (exact) mass is 547 g/mol. The van der Waals surface area contributed by atoms with Crippen LogP contribution in [0.5, 0.6) is 0 Å². The SMILES string of the molecule is O=C(/C=C/c1cccnc1)NCc1cc2cc(-c3ccc(C(=O)N4CC5(COC5)C4)cc3)cc(C(F)(F)F)c2o1. The Balaban J connectivity index is 1.19. The molecule has 2 amide bonds. The lowest BCUT2D eigenvalue weighted by Crippen LogP contribution is -2.67. The number of furan rings is 1. The van der Waals surface area contributed by atoms with E-state index in [0.29, 0.717) is 43.0 Å². The van der Waals surface area contributed by atoms with Crippen molar-refractivity contribution in [3.05, 3.63) is 95.5 Å². The first-order valence-corrected chi connectivity index (χ1v) is 12.7. The summed E-state index contributed by atoms with van der Waals surface area (Å²) < 4.78 is 52.8. The summed E-state index contributed by atoms with van der Waals surface area (Å²) in [5.41, 5.74) is 0.973. The number of nitrogens with one attached hydrogen (secondary N) is 1. The van der Waals surface area contributed by atoms with E-state index < -0.39 is 17.6 Å². The van der Waals surface area contributed by atoms with Gasteiger partial charge < -0.3 is 19.4 Å². The molecule has 2 saturated heterocycles. The number of carbonyl (C=O) groups is 2. The van der Waals surface area contributed by atoms with Crippen LogP contribution in [0.3, 0.4) is 0 Å². The quantitative estimate of drug-likeness (QED) is 0.331. The zero-order valence-electron chi connectivity index (χ0n) is 21.2. The number of fused-ring (bicyclic) bond motifs is 1. The van der Waals surface area contributed by atoms with Gasteiger partial charge in [-0.05, 0) is 59.2 Å². The lowest BCUT2D eigenvalue weighted by Gasteiger charge is -2.54. The first-order chi connectivity index (χ1) is 19.2. The number of benzene rings is 2. The first kappa shape index (κ1) is 25.8. The van der Waals surface area contributed by atoms with E-state index >= 15 is 0 Å². The van der Waals surface area contributed by atoms with Gasteiger partial charge in [0.1, 0.15) is 11.3 Å². The van der Waals surface area contributed by atoms with E-state index in [2.05, 4.69) is 10.3 Å². The minimum absolute atomic E-state index is 0.0851. The van der Waals surface area contributed by atoms with Crippen molar-refractivity contribution in [3.63, 3.8) is 0 Å². The summed E-state index contributed by atoms with van der Waals surface area (Å²) in [6.45, 7) is 2.57.